The SMILES string of the molecule is COc1cc(CNSc2ccc(C#N)cc2)cc(OC)c1. The fraction of sp³-hybridized carbons (Fsp3) is 0.188. The Hall–Kier alpha value is -2.16. The second-order valence-electron chi connectivity index (χ2n) is 4.28. The van der Waals surface area contributed by atoms with E-state index in [1.54, 1.807) is 26.4 Å². The van der Waals surface area contributed by atoms with E-state index in [-0.39, 0.29) is 0 Å². The van der Waals surface area contributed by atoms with E-state index in [9.17, 15) is 0 Å². The van der Waals surface area contributed by atoms with E-state index in [0.717, 1.165) is 22.0 Å². The normalized spacial score (nSPS) is 9.95. The van der Waals surface area contributed by atoms with Crippen molar-refractivity contribution in [3.8, 4) is 17.6 Å². The van der Waals surface area contributed by atoms with Crippen LogP contribution in [0.3, 0.4) is 0 Å². The molecule has 2 aromatic carbocycles. The van der Waals surface area contributed by atoms with Gasteiger partial charge in [-0.25, -0.2) is 0 Å². The molecular formula is C16H16N2O2S. The van der Waals surface area contributed by atoms with Gasteiger partial charge in [-0.2, -0.15) is 5.26 Å². The second-order valence-corrected chi connectivity index (χ2v) is 5.24. The Morgan fingerprint density at radius 2 is 1.67 bits per heavy atom. The zero-order valence-electron chi connectivity index (χ0n) is 11.9. The summed E-state index contributed by atoms with van der Waals surface area (Å²) < 4.78 is 13.8. The van der Waals surface area contributed by atoms with Gasteiger partial charge in [0.2, 0.25) is 0 Å². The molecule has 0 saturated heterocycles. The molecule has 0 atom stereocenters. The van der Waals surface area contributed by atoms with E-state index in [4.69, 9.17) is 14.7 Å². The van der Waals surface area contributed by atoms with Gasteiger partial charge in [-0.3, -0.25) is 4.72 Å². The summed E-state index contributed by atoms with van der Waals surface area (Å²) in [5.41, 5.74) is 1.74. The Labute approximate surface area is 128 Å². The van der Waals surface area contributed by atoms with Gasteiger partial charge < -0.3 is 9.47 Å². The zero-order chi connectivity index (χ0) is 15.1. The summed E-state index contributed by atoms with van der Waals surface area (Å²) in [6.45, 7) is 0.679. The van der Waals surface area contributed by atoms with Crippen LogP contribution in [0.15, 0.2) is 47.4 Å². The first-order valence-corrected chi connectivity index (χ1v) is 7.18. The van der Waals surface area contributed by atoms with Gasteiger partial charge in [-0.15, -0.1) is 0 Å². The van der Waals surface area contributed by atoms with Crippen LogP contribution in [0.5, 0.6) is 11.5 Å². The van der Waals surface area contributed by atoms with E-state index in [1.165, 1.54) is 11.9 Å². The standard InChI is InChI=1S/C16H16N2O2S/c1-19-14-7-13(8-15(9-14)20-2)11-18-21-16-5-3-12(10-17)4-6-16/h3-9,18H,11H2,1-2H3. The molecule has 0 spiro atoms. The number of hydrogen-bond acceptors (Lipinski definition) is 5. The minimum Gasteiger partial charge on any atom is -0.497 e. The molecule has 0 heterocycles. The van der Waals surface area contributed by atoms with Crippen molar-refractivity contribution in [2.75, 3.05) is 14.2 Å². The van der Waals surface area contributed by atoms with Gasteiger partial charge in [0.15, 0.2) is 0 Å². The topological polar surface area (TPSA) is 54.3 Å². The fourth-order valence-electron chi connectivity index (χ4n) is 1.77. The van der Waals surface area contributed by atoms with Crippen LogP contribution in [0.2, 0.25) is 0 Å². The summed E-state index contributed by atoms with van der Waals surface area (Å²) in [5, 5.41) is 8.76. The molecule has 0 aromatic heterocycles. The Morgan fingerprint density at radius 3 is 2.19 bits per heavy atom. The number of benzene rings is 2. The van der Waals surface area contributed by atoms with Crippen LogP contribution in [0.25, 0.3) is 0 Å². The van der Waals surface area contributed by atoms with E-state index in [1.807, 2.05) is 30.3 Å². The average Bonchev–Trinajstić information content (AvgIpc) is 2.55. The van der Waals surface area contributed by atoms with Crippen LogP contribution in [0.4, 0.5) is 0 Å². The largest absolute Gasteiger partial charge is 0.497 e. The molecule has 5 heteroatoms. The number of ether oxygens (including phenoxy) is 2. The molecule has 4 nitrogen and oxygen atoms in total. The van der Waals surface area contributed by atoms with Gasteiger partial charge in [0.1, 0.15) is 11.5 Å². The number of hydrogen-bond donors (Lipinski definition) is 1. The molecule has 0 aliphatic rings. The van der Waals surface area contributed by atoms with Crippen molar-refractivity contribution < 1.29 is 9.47 Å². The summed E-state index contributed by atoms with van der Waals surface area (Å²) in [4.78, 5) is 1.06. The quantitative estimate of drug-likeness (QED) is 0.829. The van der Waals surface area contributed by atoms with Gasteiger partial charge in [-0.1, -0.05) is 0 Å². The molecule has 2 aromatic rings. The minimum atomic E-state index is 0.664. The summed E-state index contributed by atoms with van der Waals surface area (Å²) in [6.07, 6.45) is 0. The number of nitrogens with zero attached hydrogens (tertiary/aromatic N) is 1. The average molecular weight is 300 g/mol. The lowest BCUT2D eigenvalue weighted by Gasteiger charge is -2.09. The summed E-state index contributed by atoms with van der Waals surface area (Å²) in [6, 6.07) is 15.3. The maximum atomic E-state index is 8.76. The highest BCUT2D eigenvalue weighted by Crippen LogP contribution is 2.23. The van der Waals surface area contributed by atoms with Gasteiger partial charge in [0.05, 0.1) is 25.9 Å². The van der Waals surface area contributed by atoms with E-state index in [0.29, 0.717) is 12.1 Å². The Balaban J connectivity index is 1.94. The lowest BCUT2D eigenvalue weighted by Crippen LogP contribution is -2.03. The first-order valence-electron chi connectivity index (χ1n) is 6.37. The highest BCUT2D eigenvalue weighted by Gasteiger charge is 2.02. The smallest absolute Gasteiger partial charge is 0.122 e. The van der Waals surface area contributed by atoms with Crippen LogP contribution in [0.1, 0.15) is 11.1 Å². The van der Waals surface area contributed by atoms with Crippen molar-refractivity contribution in [3.05, 3.63) is 53.6 Å². The number of nitrogens with one attached hydrogen (secondary N) is 1. The molecule has 0 amide bonds. The van der Waals surface area contributed by atoms with Gasteiger partial charge in [-0.05, 0) is 53.9 Å². The third kappa shape index (κ3) is 4.42. The van der Waals surface area contributed by atoms with Crippen LogP contribution in [-0.2, 0) is 6.54 Å². The number of rotatable bonds is 6. The molecule has 0 saturated carbocycles. The highest BCUT2D eigenvalue weighted by molar-refractivity contribution is 7.97. The first-order chi connectivity index (χ1) is 10.2. The molecule has 108 valence electrons. The number of methoxy groups -OCH3 is 2. The van der Waals surface area contributed by atoms with Crippen LogP contribution >= 0.6 is 11.9 Å². The molecule has 0 fully saturated rings. The van der Waals surface area contributed by atoms with Crippen molar-refractivity contribution >= 4 is 11.9 Å². The Morgan fingerprint density at radius 1 is 1.05 bits per heavy atom. The van der Waals surface area contributed by atoms with Crippen LogP contribution in [-0.4, -0.2) is 14.2 Å². The Kier molecular flexibility index (Phi) is 5.50. The molecular weight excluding hydrogens is 284 g/mol. The maximum absolute atomic E-state index is 8.76. The molecule has 0 bridgehead atoms. The summed E-state index contributed by atoms with van der Waals surface area (Å²) in [7, 11) is 3.27. The number of nitriles is 1. The summed E-state index contributed by atoms with van der Waals surface area (Å²) >= 11 is 1.52. The third-order valence-corrected chi connectivity index (χ3v) is 3.66. The van der Waals surface area contributed by atoms with E-state index in [2.05, 4.69) is 10.8 Å². The predicted octanol–water partition coefficient (Wildman–Crippen LogP) is 3.37. The minimum absolute atomic E-state index is 0.664. The van der Waals surface area contributed by atoms with Gasteiger partial charge in [0.25, 0.3) is 0 Å². The van der Waals surface area contributed by atoms with Gasteiger partial charge >= 0.3 is 0 Å². The molecule has 0 aliphatic heterocycles. The van der Waals surface area contributed by atoms with Gasteiger partial charge in [0, 0.05) is 17.5 Å². The van der Waals surface area contributed by atoms with Crippen molar-refractivity contribution in [2.45, 2.75) is 11.4 Å². The molecule has 0 aliphatic carbocycles. The van der Waals surface area contributed by atoms with Crippen molar-refractivity contribution in [3.63, 3.8) is 0 Å². The lowest BCUT2D eigenvalue weighted by molar-refractivity contribution is 0.393. The first kappa shape index (κ1) is 15.2. The van der Waals surface area contributed by atoms with E-state index < -0.39 is 0 Å². The molecule has 2 rings (SSSR count). The monoisotopic (exact) mass is 300 g/mol. The third-order valence-electron chi connectivity index (χ3n) is 2.86. The van der Waals surface area contributed by atoms with Crippen LogP contribution in [0, 0.1) is 11.3 Å². The second kappa shape index (κ2) is 7.58. The molecule has 1 N–H and O–H groups in total. The fourth-order valence-corrected chi connectivity index (χ4v) is 2.45. The van der Waals surface area contributed by atoms with E-state index >= 15 is 0 Å². The Bertz CT molecular complexity index is 613. The molecule has 21 heavy (non-hydrogen) atoms. The van der Waals surface area contributed by atoms with Crippen molar-refractivity contribution in [1.29, 1.82) is 5.26 Å². The maximum Gasteiger partial charge on any atom is 0.122 e. The predicted molar refractivity (Wildman–Crippen MR) is 83.4 cm³/mol. The van der Waals surface area contributed by atoms with Crippen molar-refractivity contribution in [2.24, 2.45) is 0 Å². The summed E-state index contributed by atoms with van der Waals surface area (Å²) in [5.74, 6) is 1.55. The molecule has 0 radical (unpaired) electrons. The lowest BCUT2D eigenvalue weighted by atomic mass is 10.2. The zero-order valence-corrected chi connectivity index (χ0v) is 12.7. The van der Waals surface area contributed by atoms with Crippen LogP contribution < -0.4 is 14.2 Å². The highest BCUT2D eigenvalue weighted by atomic mass is 32.2. The van der Waals surface area contributed by atoms with Crippen molar-refractivity contribution in [1.82, 2.24) is 4.72 Å². The molecule has 0 unspecified atom stereocenters.